The predicted octanol–water partition coefficient (Wildman–Crippen LogP) is 6.66. The smallest absolute Gasteiger partial charge is 0.163 e. The molecule has 0 unspecified atom stereocenters. The van der Waals surface area contributed by atoms with E-state index >= 15 is 0 Å². The van der Waals surface area contributed by atoms with Crippen LogP contribution in [0.1, 0.15) is 52.0 Å². The first kappa shape index (κ1) is 24.0. The molecule has 0 spiro atoms. The number of hydrogen-bond donors (Lipinski definition) is 0. The van der Waals surface area contributed by atoms with Crippen molar-refractivity contribution in [2.45, 2.75) is 52.9 Å². The van der Waals surface area contributed by atoms with E-state index in [-0.39, 0.29) is 24.1 Å². The Hall–Kier alpha value is -3.09. The lowest BCUT2D eigenvalue weighted by Crippen LogP contribution is -2.23. The van der Waals surface area contributed by atoms with Crippen molar-refractivity contribution in [2.24, 2.45) is 5.41 Å². The molecule has 0 amide bonds. The van der Waals surface area contributed by atoms with Gasteiger partial charge in [-0.05, 0) is 80.1 Å². The molecule has 6 heteroatoms. The molecule has 1 aliphatic rings. The molecule has 0 N–H and O–H groups in total. The van der Waals surface area contributed by atoms with E-state index in [1.54, 1.807) is 12.1 Å². The lowest BCUT2D eigenvalue weighted by Gasteiger charge is -2.19. The summed E-state index contributed by atoms with van der Waals surface area (Å²) in [6.07, 6.45) is 0.00824. The van der Waals surface area contributed by atoms with Crippen LogP contribution in [0.4, 0.5) is 4.39 Å². The van der Waals surface area contributed by atoms with Gasteiger partial charge in [-0.2, -0.15) is 0 Å². The molecule has 1 atom stereocenters. The normalized spacial score (nSPS) is 17.5. The second-order valence-electron chi connectivity index (χ2n) is 10.0. The van der Waals surface area contributed by atoms with Gasteiger partial charge >= 0.3 is 0 Å². The van der Waals surface area contributed by atoms with Crippen LogP contribution in [0.3, 0.4) is 0 Å². The zero-order valence-corrected chi connectivity index (χ0v) is 20.2. The number of rotatable bonds is 6. The Kier molecular flexibility index (Phi) is 6.56. The predicted molar refractivity (Wildman–Crippen MR) is 128 cm³/mol. The van der Waals surface area contributed by atoms with Crippen molar-refractivity contribution in [3.05, 3.63) is 77.7 Å². The van der Waals surface area contributed by atoms with Crippen molar-refractivity contribution in [3.63, 3.8) is 0 Å². The molecule has 3 aromatic rings. The number of carbonyl (C=O) groups is 1. The third-order valence-electron chi connectivity index (χ3n) is 5.66. The van der Waals surface area contributed by atoms with Crippen LogP contribution in [0.5, 0.6) is 11.5 Å². The molecule has 0 saturated carbocycles. The van der Waals surface area contributed by atoms with Gasteiger partial charge in [0.2, 0.25) is 0 Å². The number of hydrogen-bond acceptors (Lipinski definition) is 5. The van der Waals surface area contributed by atoms with Gasteiger partial charge in [0.05, 0.1) is 12.3 Å². The van der Waals surface area contributed by atoms with Crippen LogP contribution in [-0.2, 0) is 20.7 Å². The zero-order chi connectivity index (χ0) is 24.5. The molecular weight excluding hydrogens is 433 g/mol. The number of carbonyl (C=O) groups excluding carboxylic acids is 1. The van der Waals surface area contributed by atoms with Crippen LogP contribution in [0, 0.1) is 11.2 Å². The maximum absolute atomic E-state index is 13.1. The van der Waals surface area contributed by atoms with Gasteiger partial charge < -0.3 is 14.2 Å². The third kappa shape index (κ3) is 5.88. The van der Waals surface area contributed by atoms with Crippen LogP contribution in [0.2, 0.25) is 0 Å². The van der Waals surface area contributed by atoms with E-state index in [4.69, 9.17) is 19.2 Å². The molecule has 1 fully saturated rings. The minimum absolute atomic E-state index is 0.120. The van der Waals surface area contributed by atoms with Gasteiger partial charge in [0.15, 0.2) is 5.79 Å². The van der Waals surface area contributed by atoms with Crippen LogP contribution in [0.15, 0.2) is 60.7 Å². The molecule has 1 aliphatic heterocycles. The Bertz CT molecular complexity index is 1160. The first-order chi connectivity index (χ1) is 16.0. The lowest BCUT2D eigenvalue weighted by atomic mass is 9.88. The summed E-state index contributed by atoms with van der Waals surface area (Å²) < 4.78 is 30.8. The average Bonchev–Trinajstić information content (AvgIpc) is 3.15. The highest BCUT2D eigenvalue weighted by Crippen LogP contribution is 2.35. The van der Waals surface area contributed by atoms with E-state index < -0.39 is 11.2 Å². The molecule has 5 nitrogen and oxygen atoms in total. The highest BCUT2D eigenvalue weighted by molar-refractivity contribution is 5.85. The van der Waals surface area contributed by atoms with E-state index in [0.717, 1.165) is 16.8 Å². The van der Waals surface area contributed by atoms with Crippen molar-refractivity contribution in [1.82, 2.24) is 4.98 Å². The quantitative estimate of drug-likeness (QED) is 0.409. The highest BCUT2D eigenvalue weighted by Gasteiger charge is 2.34. The van der Waals surface area contributed by atoms with Gasteiger partial charge in [-0.3, -0.25) is 9.78 Å². The first-order valence-corrected chi connectivity index (χ1v) is 11.4. The monoisotopic (exact) mass is 463 g/mol. The van der Waals surface area contributed by atoms with Gasteiger partial charge in [0.1, 0.15) is 29.2 Å². The molecule has 0 bridgehead atoms. The van der Waals surface area contributed by atoms with Crippen LogP contribution < -0.4 is 4.74 Å². The summed E-state index contributed by atoms with van der Waals surface area (Å²) in [5.74, 6) is 0.334. The number of benzene rings is 2. The Morgan fingerprint density at radius 3 is 2.24 bits per heavy atom. The number of ketones is 1. The molecule has 0 radical (unpaired) electrons. The number of nitrogens with zero attached hydrogens (tertiary/aromatic N) is 1. The number of Topliss-reactive ketones (excluding diaryl/α,β-unsaturated/α-hetero) is 1. The second kappa shape index (κ2) is 9.28. The largest absolute Gasteiger partial charge is 0.457 e. The fourth-order valence-electron chi connectivity index (χ4n) is 3.65. The van der Waals surface area contributed by atoms with Gasteiger partial charge in [-0.25, -0.2) is 4.39 Å². The van der Waals surface area contributed by atoms with Crippen molar-refractivity contribution in [2.75, 3.05) is 6.61 Å². The molecule has 2 aromatic carbocycles. The molecule has 0 aliphatic carbocycles. The number of ether oxygens (including phenoxy) is 3. The standard InChI is InChI=1S/C28H30FNO4/c1-27(2,3)26(31)16-21-14-19(25-17-32-28(4,5)34-25)15-24(30-21)18-6-10-22(11-7-18)33-23-12-8-20(29)9-13-23/h6-15,25H,16-17H2,1-5H3/t25-/m1/s1. The van der Waals surface area contributed by atoms with E-state index in [1.807, 2.05) is 71.0 Å². The molecule has 1 saturated heterocycles. The Labute approximate surface area is 199 Å². The van der Waals surface area contributed by atoms with Gasteiger partial charge in [0.25, 0.3) is 0 Å². The first-order valence-electron chi connectivity index (χ1n) is 11.4. The lowest BCUT2D eigenvalue weighted by molar-refractivity contribution is -0.139. The van der Waals surface area contributed by atoms with Crippen molar-refractivity contribution >= 4 is 5.78 Å². The van der Waals surface area contributed by atoms with Crippen molar-refractivity contribution in [3.8, 4) is 22.8 Å². The summed E-state index contributed by atoms with van der Waals surface area (Å²) >= 11 is 0. The molecular formula is C28H30FNO4. The van der Waals surface area contributed by atoms with Gasteiger partial charge in [-0.1, -0.05) is 20.8 Å². The molecule has 34 heavy (non-hydrogen) atoms. The van der Waals surface area contributed by atoms with Crippen molar-refractivity contribution < 1.29 is 23.4 Å². The van der Waals surface area contributed by atoms with Gasteiger partial charge in [-0.15, -0.1) is 0 Å². The molecule has 1 aromatic heterocycles. The topological polar surface area (TPSA) is 57.7 Å². The number of pyridine rings is 1. The summed E-state index contributed by atoms with van der Waals surface area (Å²) in [5, 5.41) is 0. The Morgan fingerprint density at radius 1 is 1.06 bits per heavy atom. The maximum atomic E-state index is 13.1. The Morgan fingerprint density at radius 2 is 1.68 bits per heavy atom. The fraction of sp³-hybridized carbons (Fsp3) is 0.357. The number of aromatic nitrogens is 1. The SMILES string of the molecule is CC1(C)OC[C@H](c2cc(CC(=O)C(C)(C)C)nc(-c3ccc(Oc4ccc(F)cc4)cc3)c2)O1. The highest BCUT2D eigenvalue weighted by atomic mass is 19.1. The summed E-state index contributed by atoms with van der Waals surface area (Å²) in [6.45, 7) is 9.95. The molecule has 4 rings (SSSR count). The third-order valence-corrected chi connectivity index (χ3v) is 5.66. The second-order valence-corrected chi connectivity index (χ2v) is 10.0. The van der Waals surface area contributed by atoms with Crippen molar-refractivity contribution in [1.29, 1.82) is 0 Å². The molecule has 2 heterocycles. The van der Waals surface area contributed by atoms with E-state index in [0.29, 0.717) is 23.8 Å². The van der Waals surface area contributed by atoms with E-state index in [2.05, 4.69) is 0 Å². The number of halogens is 1. The van der Waals surface area contributed by atoms with Crippen LogP contribution >= 0.6 is 0 Å². The summed E-state index contributed by atoms with van der Waals surface area (Å²) in [5.41, 5.74) is 2.81. The van der Waals surface area contributed by atoms with E-state index in [1.165, 1.54) is 12.1 Å². The van der Waals surface area contributed by atoms with Gasteiger partial charge in [0, 0.05) is 23.1 Å². The maximum Gasteiger partial charge on any atom is 0.163 e. The Balaban J connectivity index is 1.62. The van der Waals surface area contributed by atoms with E-state index in [9.17, 15) is 9.18 Å². The minimum atomic E-state index is -0.658. The van der Waals surface area contributed by atoms with Crippen LogP contribution in [0.25, 0.3) is 11.3 Å². The summed E-state index contributed by atoms with van der Waals surface area (Å²) in [6, 6.07) is 17.3. The average molecular weight is 464 g/mol. The minimum Gasteiger partial charge on any atom is -0.457 e. The van der Waals surface area contributed by atoms with Crippen LogP contribution in [-0.4, -0.2) is 23.2 Å². The zero-order valence-electron chi connectivity index (χ0n) is 20.2. The molecule has 178 valence electrons. The summed E-state index contributed by atoms with van der Waals surface area (Å²) in [4.78, 5) is 17.5. The summed E-state index contributed by atoms with van der Waals surface area (Å²) in [7, 11) is 0. The fourth-order valence-corrected chi connectivity index (χ4v) is 3.65.